The fourth-order valence-corrected chi connectivity index (χ4v) is 6.61. The van der Waals surface area contributed by atoms with Crippen molar-refractivity contribution in [1.29, 1.82) is 0 Å². The Morgan fingerprint density at radius 1 is 0.490 bits per heavy atom. The van der Waals surface area contributed by atoms with Crippen LogP contribution in [0.25, 0.3) is 0 Å². The molecule has 0 radical (unpaired) electrons. The Balaban J connectivity index is 3.66. The maximum absolute atomic E-state index is 12.4. The Morgan fingerprint density at radius 3 is 1.24 bits per heavy atom. The molecule has 0 aliphatic carbocycles. The highest BCUT2D eigenvalue weighted by Gasteiger charge is 2.22. The molecule has 1 amide bonds. The van der Waals surface area contributed by atoms with Crippen LogP contribution in [0.1, 0.15) is 226 Å². The van der Waals surface area contributed by atoms with E-state index in [9.17, 15) is 20.1 Å². The molecule has 0 aromatic carbocycles. The van der Waals surface area contributed by atoms with Crippen LogP contribution in [0.5, 0.6) is 0 Å². The van der Waals surface area contributed by atoms with Gasteiger partial charge < -0.3 is 20.6 Å². The zero-order chi connectivity index (χ0) is 35.9. The van der Waals surface area contributed by atoms with Gasteiger partial charge in [-0.05, 0) is 32.1 Å². The molecule has 0 spiro atoms. The Morgan fingerprint density at radius 2 is 0.837 bits per heavy atom. The van der Waals surface area contributed by atoms with Crippen molar-refractivity contribution in [2.24, 2.45) is 0 Å². The van der Waals surface area contributed by atoms with E-state index in [1.54, 1.807) is 6.08 Å². The maximum atomic E-state index is 12.4. The maximum Gasteiger partial charge on any atom is 0.249 e. The van der Waals surface area contributed by atoms with Crippen LogP contribution in [0, 0.1) is 0 Å². The lowest BCUT2D eigenvalue weighted by molar-refractivity contribution is -0.131. The van der Waals surface area contributed by atoms with Crippen molar-refractivity contribution in [3.05, 3.63) is 24.3 Å². The summed E-state index contributed by atoms with van der Waals surface area (Å²) in [6.45, 7) is 4.17. The molecule has 0 aliphatic rings. The zero-order valence-electron chi connectivity index (χ0n) is 32.8. The van der Waals surface area contributed by atoms with Gasteiger partial charge in [0.2, 0.25) is 5.91 Å². The van der Waals surface area contributed by atoms with Crippen molar-refractivity contribution in [2.45, 2.75) is 244 Å². The van der Waals surface area contributed by atoms with Crippen molar-refractivity contribution < 1.29 is 20.1 Å². The van der Waals surface area contributed by atoms with Gasteiger partial charge in [0.05, 0.1) is 18.8 Å². The van der Waals surface area contributed by atoms with Crippen molar-refractivity contribution in [3.63, 3.8) is 0 Å². The largest absolute Gasteiger partial charge is 0.394 e. The lowest BCUT2D eigenvalue weighted by Crippen LogP contribution is -2.48. The number of amides is 1. The van der Waals surface area contributed by atoms with Crippen LogP contribution in [0.2, 0.25) is 0 Å². The first-order valence-electron chi connectivity index (χ1n) is 21.7. The van der Waals surface area contributed by atoms with Crippen LogP contribution >= 0.6 is 0 Å². The van der Waals surface area contributed by atoms with Gasteiger partial charge in [0.1, 0.15) is 6.10 Å². The second-order valence-electron chi connectivity index (χ2n) is 14.9. The number of allylic oxidation sites excluding steroid dienone is 3. The quantitative estimate of drug-likeness (QED) is 0.0381. The van der Waals surface area contributed by atoms with Crippen LogP contribution in [0.15, 0.2) is 24.3 Å². The molecule has 0 fully saturated rings. The lowest BCUT2D eigenvalue weighted by atomic mass is 10.0. The molecule has 290 valence electrons. The third kappa shape index (κ3) is 35.0. The standard InChI is InChI=1S/C44H85NO4/c1-3-5-7-9-11-13-15-17-19-20-21-22-23-24-25-27-29-31-33-35-37-39-43(48)44(49)45-41(40-46)42(47)38-36-34-32-30-28-26-18-16-14-12-10-8-6-4-2/h28,30,36,38,41-43,46-48H,3-27,29,31-35,37,39-40H2,1-2H3,(H,45,49)/b30-28+,38-36+. The Kier molecular flexibility index (Phi) is 38.7. The van der Waals surface area contributed by atoms with E-state index in [4.69, 9.17) is 0 Å². The van der Waals surface area contributed by atoms with Gasteiger partial charge in [-0.2, -0.15) is 0 Å². The second kappa shape index (κ2) is 39.6. The summed E-state index contributed by atoms with van der Waals surface area (Å²) in [5.74, 6) is -0.511. The third-order valence-electron chi connectivity index (χ3n) is 10.0. The van der Waals surface area contributed by atoms with E-state index in [1.165, 1.54) is 167 Å². The van der Waals surface area contributed by atoms with E-state index in [0.717, 1.165) is 38.5 Å². The van der Waals surface area contributed by atoms with Crippen molar-refractivity contribution >= 4 is 5.91 Å². The summed E-state index contributed by atoms with van der Waals surface area (Å²) < 4.78 is 0. The van der Waals surface area contributed by atoms with E-state index in [1.807, 2.05) is 6.08 Å². The molecule has 5 nitrogen and oxygen atoms in total. The number of rotatable bonds is 39. The predicted molar refractivity (Wildman–Crippen MR) is 213 cm³/mol. The second-order valence-corrected chi connectivity index (χ2v) is 14.9. The lowest BCUT2D eigenvalue weighted by Gasteiger charge is -2.21. The number of aliphatic hydroxyl groups excluding tert-OH is 3. The van der Waals surface area contributed by atoms with E-state index in [2.05, 4.69) is 31.3 Å². The van der Waals surface area contributed by atoms with Gasteiger partial charge in [-0.3, -0.25) is 4.79 Å². The number of hydrogen-bond acceptors (Lipinski definition) is 4. The first-order valence-corrected chi connectivity index (χ1v) is 21.7. The zero-order valence-corrected chi connectivity index (χ0v) is 32.8. The van der Waals surface area contributed by atoms with Crippen LogP contribution in [0.4, 0.5) is 0 Å². The molecule has 4 N–H and O–H groups in total. The van der Waals surface area contributed by atoms with Gasteiger partial charge in [0.25, 0.3) is 0 Å². The average molecular weight is 692 g/mol. The minimum Gasteiger partial charge on any atom is -0.394 e. The highest BCUT2D eigenvalue weighted by Crippen LogP contribution is 2.16. The number of hydrogen-bond donors (Lipinski definition) is 4. The monoisotopic (exact) mass is 692 g/mol. The molecule has 0 aliphatic heterocycles. The summed E-state index contributed by atoms with van der Waals surface area (Å²) >= 11 is 0. The summed E-state index contributed by atoms with van der Waals surface area (Å²) in [4.78, 5) is 12.4. The minimum absolute atomic E-state index is 0.373. The van der Waals surface area contributed by atoms with Gasteiger partial charge in [-0.15, -0.1) is 0 Å². The van der Waals surface area contributed by atoms with E-state index in [0.29, 0.717) is 6.42 Å². The highest BCUT2D eigenvalue weighted by molar-refractivity contribution is 5.80. The number of aliphatic hydroxyl groups is 3. The molecule has 0 aromatic rings. The van der Waals surface area contributed by atoms with E-state index >= 15 is 0 Å². The molecule has 0 aromatic heterocycles. The molecule has 5 heteroatoms. The SMILES string of the molecule is CCCCCCCCCC/C=C/CC/C=C/C(O)C(CO)NC(=O)C(O)CCCCCCCCCCCCCCCCCCCCCCC. The number of carbonyl (C=O) groups is 1. The van der Waals surface area contributed by atoms with Gasteiger partial charge in [0, 0.05) is 0 Å². The molecular formula is C44H85NO4. The first kappa shape index (κ1) is 47.8. The Bertz CT molecular complexity index is 724. The fraction of sp³-hybridized carbons (Fsp3) is 0.886. The molecule has 0 saturated heterocycles. The van der Waals surface area contributed by atoms with Crippen LogP contribution < -0.4 is 5.32 Å². The topological polar surface area (TPSA) is 89.8 Å². The van der Waals surface area contributed by atoms with Gasteiger partial charge in [0.15, 0.2) is 0 Å². The summed E-state index contributed by atoms with van der Waals surface area (Å²) in [5, 5.41) is 33.1. The summed E-state index contributed by atoms with van der Waals surface area (Å²) in [6, 6.07) is -0.810. The van der Waals surface area contributed by atoms with Gasteiger partial charge >= 0.3 is 0 Å². The van der Waals surface area contributed by atoms with Crippen LogP contribution in [0.3, 0.4) is 0 Å². The molecular weight excluding hydrogens is 606 g/mol. The van der Waals surface area contributed by atoms with Crippen molar-refractivity contribution in [2.75, 3.05) is 6.61 Å². The van der Waals surface area contributed by atoms with E-state index < -0.39 is 24.2 Å². The van der Waals surface area contributed by atoms with Crippen molar-refractivity contribution in [1.82, 2.24) is 5.32 Å². The van der Waals surface area contributed by atoms with Crippen LogP contribution in [-0.2, 0) is 4.79 Å². The smallest absolute Gasteiger partial charge is 0.249 e. The molecule has 0 saturated carbocycles. The number of unbranched alkanes of at least 4 members (excludes halogenated alkanes) is 29. The Hall–Kier alpha value is -1.17. The molecule has 0 rings (SSSR count). The van der Waals surface area contributed by atoms with Crippen LogP contribution in [-0.4, -0.2) is 46.1 Å². The number of carbonyl (C=O) groups excluding carboxylic acids is 1. The normalized spacial score (nSPS) is 13.8. The molecule has 0 bridgehead atoms. The van der Waals surface area contributed by atoms with E-state index in [-0.39, 0.29) is 6.61 Å². The number of nitrogens with one attached hydrogen (secondary N) is 1. The molecule has 49 heavy (non-hydrogen) atoms. The first-order chi connectivity index (χ1) is 24.1. The van der Waals surface area contributed by atoms with Gasteiger partial charge in [-0.1, -0.05) is 218 Å². The highest BCUT2D eigenvalue weighted by atomic mass is 16.3. The molecule has 3 unspecified atom stereocenters. The van der Waals surface area contributed by atoms with Gasteiger partial charge in [-0.25, -0.2) is 0 Å². The molecule has 3 atom stereocenters. The predicted octanol–water partition coefficient (Wildman–Crippen LogP) is 12.2. The minimum atomic E-state index is -1.10. The summed E-state index contributed by atoms with van der Waals surface area (Å²) in [5.41, 5.74) is 0. The summed E-state index contributed by atoms with van der Waals surface area (Å²) in [6.07, 6.45) is 47.8. The Labute approximate surface area is 305 Å². The molecule has 0 heterocycles. The van der Waals surface area contributed by atoms with Crippen molar-refractivity contribution in [3.8, 4) is 0 Å². The average Bonchev–Trinajstić information content (AvgIpc) is 3.11. The third-order valence-corrected chi connectivity index (χ3v) is 10.0. The summed E-state index contributed by atoms with van der Waals surface area (Å²) in [7, 11) is 0. The fourth-order valence-electron chi connectivity index (χ4n) is 6.61.